The summed E-state index contributed by atoms with van der Waals surface area (Å²) in [7, 11) is 1.87. The van der Waals surface area contributed by atoms with E-state index in [0.29, 0.717) is 12.5 Å². The molecule has 0 bridgehead atoms. The molecule has 1 heterocycles. The van der Waals surface area contributed by atoms with Crippen LogP contribution in [0.3, 0.4) is 0 Å². The van der Waals surface area contributed by atoms with Crippen molar-refractivity contribution in [3.8, 4) is 11.6 Å². The van der Waals surface area contributed by atoms with Crippen molar-refractivity contribution in [3.05, 3.63) is 41.1 Å². The summed E-state index contributed by atoms with van der Waals surface area (Å²) in [5.74, 6) is 2.01. The average molecular weight is 259 g/mol. The van der Waals surface area contributed by atoms with E-state index in [1.54, 1.807) is 4.68 Å². The van der Waals surface area contributed by atoms with E-state index in [2.05, 4.69) is 25.0 Å². The molecule has 2 rings (SSSR count). The topological polar surface area (TPSA) is 53.1 Å². The predicted molar refractivity (Wildman–Crippen MR) is 76.4 cm³/mol. The van der Waals surface area contributed by atoms with E-state index in [4.69, 9.17) is 10.5 Å². The molecule has 0 aliphatic carbocycles. The van der Waals surface area contributed by atoms with Crippen molar-refractivity contribution in [1.29, 1.82) is 0 Å². The van der Waals surface area contributed by atoms with Crippen LogP contribution in [0.1, 0.15) is 36.6 Å². The van der Waals surface area contributed by atoms with Crippen molar-refractivity contribution in [1.82, 2.24) is 9.78 Å². The molecule has 0 fully saturated rings. The van der Waals surface area contributed by atoms with E-state index in [1.165, 1.54) is 5.56 Å². The summed E-state index contributed by atoms with van der Waals surface area (Å²) in [4.78, 5) is 0. The molecule has 1 aromatic heterocycles. The third kappa shape index (κ3) is 2.63. The van der Waals surface area contributed by atoms with Gasteiger partial charge in [-0.15, -0.1) is 0 Å². The van der Waals surface area contributed by atoms with Gasteiger partial charge in [0, 0.05) is 13.6 Å². The molecule has 19 heavy (non-hydrogen) atoms. The molecule has 0 atom stereocenters. The number of rotatable bonds is 4. The van der Waals surface area contributed by atoms with Crippen LogP contribution < -0.4 is 10.5 Å². The van der Waals surface area contributed by atoms with Gasteiger partial charge in [-0.3, -0.25) is 0 Å². The molecule has 2 N–H and O–H groups in total. The Labute approximate surface area is 114 Å². The zero-order valence-electron chi connectivity index (χ0n) is 12.0. The monoisotopic (exact) mass is 259 g/mol. The van der Waals surface area contributed by atoms with Gasteiger partial charge in [0.25, 0.3) is 0 Å². The average Bonchev–Trinajstić information content (AvgIpc) is 2.64. The first kappa shape index (κ1) is 13.6. The Morgan fingerprint density at radius 1 is 1.32 bits per heavy atom. The predicted octanol–water partition coefficient (Wildman–Crippen LogP) is 3.10. The molecule has 0 radical (unpaired) electrons. The van der Waals surface area contributed by atoms with E-state index >= 15 is 0 Å². The molecule has 4 heteroatoms. The minimum atomic E-state index is 0.409. The molecular formula is C15H21N3O. The first-order valence-electron chi connectivity index (χ1n) is 6.54. The van der Waals surface area contributed by atoms with Gasteiger partial charge in [0.1, 0.15) is 5.75 Å². The molecule has 4 nitrogen and oxygen atoms in total. The number of nitrogens with zero attached hydrogens (tertiary/aromatic N) is 2. The second kappa shape index (κ2) is 5.45. The normalized spacial score (nSPS) is 11.1. The third-order valence-corrected chi connectivity index (χ3v) is 3.24. The fraction of sp³-hybridized carbons (Fsp3) is 0.400. The SMILES string of the molecule is Cc1nn(C)c(Oc2ccccc2C(C)C)c1CN. The number of para-hydroxylation sites is 1. The molecule has 0 spiro atoms. The third-order valence-electron chi connectivity index (χ3n) is 3.24. The Balaban J connectivity index is 2.42. The molecule has 1 aromatic carbocycles. The summed E-state index contributed by atoms with van der Waals surface area (Å²) >= 11 is 0. The van der Waals surface area contributed by atoms with Crippen molar-refractivity contribution in [2.45, 2.75) is 33.2 Å². The smallest absolute Gasteiger partial charge is 0.222 e. The van der Waals surface area contributed by atoms with Crippen molar-refractivity contribution in [3.63, 3.8) is 0 Å². The Morgan fingerprint density at radius 2 is 2.00 bits per heavy atom. The van der Waals surface area contributed by atoms with Gasteiger partial charge in [-0.05, 0) is 24.5 Å². The van der Waals surface area contributed by atoms with Gasteiger partial charge in [0.05, 0.1) is 11.3 Å². The number of ether oxygens (including phenoxy) is 1. The maximum absolute atomic E-state index is 6.06. The quantitative estimate of drug-likeness (QED) is 0.918. The van der Waals surface area contributed by atoms with Crippen molar-refractivity contribution >= 4 is 0 Å². The largest absolute Gasteiger partial charge is 0.439 e. The van der Waals surface area contributed by atoms with E-state index in [9.17, 15) is 0 Å². The summed E-state index contributed by atoms with van der Waals surface area (Å²) in [6, 6.07) is 8.08. The number of aryl methyl sites for hydroxylation is 2. The summed E-state index contributed by atoms with van der Waals surface area (Å²) in [6.45, 7) is 6.68. The van der Waals surface area contributed by atoms with Crippen LogP contribution in [0.15, 0.2) is 24.3 Å². The van der Waals surface area contributed by atoms with Crippen LogP contribution in [0.5, 0.6) is 11.6 Å². The molecule has 2 aromatic rings. The molecule has 0 unspecified atom stereocenters. The lowest BCUT2D eigenvalue weighted by molar-refractivity contribution is 0.419. The van der Waals surface area contributed by atoms with Gasteiger partial charge in [-0.25, -0.2) is 4.68 Å². The summed E-state index contributed by atoms with van der Waals surface area (Å²) in [5, 5.41) is 4.36. The maximum atomic E-state index is 6.06. The van der Waals surface area contributed by atoms with Crippen molar-refractivity contribution in [2.75, 3.05) is 0 Å². The number of benzene rings is 1. The number of hydrogen-bond donors (Lipinski definition) is 1. The van der Waals surface area contributed by atoms with E-state index in [1.807, 2.05) is 32.2 Å². The van der Waals surface area contributed by atoms with Crippen LogP contribution in [-0.4, -0.2) is 9.78 Å². The first-order chi connectivity index (χ1) is 9.04. The van der Waals surface area contributed by atoms with Crippen LogP contribution in [0.2, 0.25) is 0 Å². The lowest BCUT2D eigenvalue weighted by Gasteiger charge is -2.14. The molecule has 0 aliphatic heterocycles. The van der Waals surface area contributed by atoms with Crippen LogP contribution in [-0.2, 0) is 13.6 Å². The van der Waals surface area contributed by atoms with Gasteiger partial charge in [-0.2, -0.15) is 5.10 Å². The summed E-state index contributed by atoms with van der Waals surface area (Å²) in [6.07, 6.45) is 0. The summed E-state index contributed by atoms with van der Waals surface area (Å²) in [5.41, 5.74) is 8.85. The molecule has 102 valence electrons. The van der Waals surface area contributed by atoms with E-state index in [0.717, 1.165) is 22.9 Å². The second-order valence-electron chi connectivity index (χ2n) is 4.99. The fourth-order valence-corrected chi connectivity index (χ4v) is 2.20. The molecule has 0 saturated carbocycles. The first-order valence-corrected chi connectivity index (χ1v) is 6.54. The fourth-order valence-electron chi connectivity index (χ4n) is 2.20. The number of nitrogens with two attached hydrogens (primary N) is 1. The van der Waals surface area contributed by atoms with Gasteiger partial charge in [-0.1, -0.05) is 32.0 Å². The van der Waals surface area contributed by atoms with Gasteiger partial charge in [0.2, 0.25) is 5.88 Å². The summed E-state index contributed by atoms with van der Waals surface area (Å²) < 4.78 is 7.81. The highest BCUT2D eigenvalue weighted by Crippen LogP contribution is 2.32. The van der Waals surface area contributed by atoms with E-state index in [-0.39, 0.29) is 0 Å². The Kier molecular flexibility index (Phi) is 3.90. The molecule has 0 aliphatic rings. The highest BCUT2D eigenvalue weighted by atomic mass is 16.5. The Bertz CT molecular complexity index is 573. The number of aromatic nitrogens is 2. The molecule has 0 amide bonds. The number of hydrogen-bond acceptors (Lipinski definition) is 3. The highest BCUT2D eigenvalue weighted by molar-refractivity contribution is 5.41. The van der Waals surface area contributed by atoms with Gasteiger partial charge in [0.15, 0.2) is 0 Å². The van der Waals surface area contributed by atoms with Crippen LogP contribution >= 0.6 is 0 Å². The lowest BCUT2D eigenvalue weighted by atomic mass is 10.0. The maximum Gasteiger partial charge on any atom is 0.222 e. The van der Waals surface area contributed by atoms with Crippen molar-refractivity contribution < 1.29 is 4.74 Å². The highest BCUT2D eigenvalue weighted by Gasteiger charge is 2.16. The second-order valence-corrected chi connectivity index (χ2v) is 4.99. The Morgan fingerprint density at radius 3 is 2.63 bits per heavy atom. The molecule has 0 saturated heterocycles. The Hall–Kier alpha value is -1.81. The van der Waals surface area contributed by atoms with E-state index < -0.39 is 0 Å². The van der Waals surface area contributed by atoms with Gasteiger partial charge < -0.3 is 10.5 Å². The molecular weight excluding hydrogens is 238 g/mol. The van der Waals surface area contributed by atoms with Crippen LogP contribution in [0, 0.1) is 6.92 Å². The van der Waals surface area contributed by atoms with Crippen LogP contribution in [0.25, 0.3) is 0 Å². The minimum Gasteiger partial charge on any atom is -0.439 e. The zero-order valence-corrected chi connectivity index (χ0v) is 12.0. The minimum absolute atomic E-state index is 0.409. The standard InChI is InChI=1S/C15H21N3O/c1-10(2)12-7-5-6-8-14(12)19-15-13(9-16)11(3)17-18(15)4/h5-8,10H,9,16H2,1-4H3. The van der Waals surface area contributed by atoms with Crippen molar-refractivity contribution in [2.24, 2.45) is 12.8 Å². The van der Waals surface area contributed by atoms with Crippen LogP contribution in [0.4, 0.5) is 0 Å². The van der Waals surface area contributed by atoms with Gasteiger partial charge >= 0.3 is 0 Å². The lowest BCUT2D eigenvalue weighted by Crippen LogP contribution is -2.03. The zero-order chi connectivity index (χ0) is 14.0.